The number of anilines is 1. The van der Waals surface area contributed by atoms with Crippen molar-refractivity contribution in [2.24, 2.45) is 5.41 Å². The molecule has 0 atom stereocenters. The Morgan fingerprint density at radius 3 is 2.55 bits per heavy atom. The Hall–Kier alpha value is -1.56. The Kier molecular flexibility index (Phi) is 5.56. The van der Waals surface area contributed by atoms with Gasteiger partial charge in [-0.05, 0) is 11.8 Å². The molecule has 0 bridgehead atoms. The minimum Gasteiger partial charge on any atom is -0.464 e. The number of nitrogen functional groups attached to an aromatic ring is 1. The highest BCUT2D eigenvalue weighted by Crippen LogP contribution is 2.27. The molecule has 114 valence electrons. The molecular weight excluding hydrogens is 258 g/mol. The Labute approximate surface area is 120 Å². The van der Waals surface area contributed by atoms with Crippen LogP contribution in [0.15, 0.2) is 0 Å². The fourth-order valence-corrected chi connectivity index (χ4v) is 2.09. The zero-order chi connectivity index (χ0) is 15.3. The molecule has 0 spiro atoms. The highest BCUT2D eigenvalue weighted by Gasteiger charge is 2.25. The second-order valence-electron chi connectivity index (χ2n) is 5.60. The lowest BCUT2D eigenvalue weighted by molar-refractivity contribution is 0.0595. The summed E-state index contributed by atoms with van der Waals surface area (Å²) >= 11 is 0. The van der Waals surface area contributed by atoms with E-state index in [1.165, 1.54) is 7.11 Å². The van der Waals surface area contributed by atoms with E-state index in [4.69, 9.17) is 15.2 Å². The standard InChI is InChI=1S/C14H25N3O3/c1-6-10-16-11(13(18)20-5)12(15)17(10)9-14(2,3)7-8-19-4/h6-9,15H2,1-5H3. The molecule has 6 heteroatoms. The maximum atomic E-state index is 11.7. The fraction of sp³-hybridized carbons (Fsp3) is 0.714. The number of nitrogens with zero attached hydrogens (tertiary/aromatic N) is 2. The first-order chi connectivity index (χ1) is 9.36. The Morgan fingerprint density at radius 1 is 1.40 bits per heavy atom. The molecule has 0 saturated carbocycles. The molecule has 2 N–H and O–H groups in total. The van der Waals surface area contributed by atoms with E-state index in [0.717, 1.165) is 12.2 Å². The maximum Gasteiger partial charge on any atom is 0.360 e. The summed E-state index contributed by atoms with van der Waals surface area (Å²) in [5.41, 5.74) is 6.26. The number of aromatic nitrogens is 2. The number of nitrogens with two attached hydrogens (primary N) is 1. The van der Waals surface area contributed by atoms with Crippen LogP contribution < -0.4 is 5.73 Å². The van der Waals surface area contributed by atoms with Crippen molar-refractivity contribution in [2.45, 2.75) is 40.2 Å². The third kappa shape index (κ3) is 3.72. The number of methoxy groups -OCH3 is 2. The highest BCUT2D eigenvalue weighted by molar-refractivity contribution is 5.92. The third-order valence-corrected chi connectivity index (χ3v) is 3.35. The van der Waals surface area contributed by atoms with Gasteiger partial charge in [-0.2, -0.15) is 0 Å². The molecule has 0 fully saturated rings. The number of hydrogen-bond donors (Lipinski definition) is 1. The third-order valence-electron chi connectivity index (χ3n) is 3.35. The van der Waals surface area contributed by atoms with Gasteiger partial charge in [0.2, 0.25) is 0 Å². The van der Waals surface area contributed by atoms with E-state index in [9.17, 15) is 4.79 Å². The summed E-state index contributed by atoms with van der Waals surface area (Å²) in [5, 5.41) is 0. The predicted octanol–water partition coefficient (Wildman–Crippen LogP) is 1.88. The SMILES string of the molecule is CCc1nc(C(=O)OC)c(N)n1CC(C)(C)CCOC. The summed E-state index contributed by atoms with van der Waals surface area (Å²) in [6.07, 6.45) is 1.61. The number of carbonyl (C=O) groups is 1. The molecule has 1 rings (SSSR count). The zero-order valence-corrected chi connectivity index (χ0v) is 13.0. The van der Waals surface area contributed by atoms with Gasteiger partial charge in [-0.3, -0.25) is 0 Å². The zero-order valence-electron chi connectivity index (χ0n) is 13.0. The number of esters is 1. The normalized spacial score (nSPS) is 11.7. The highest BCUT2D eigenvalue weighted by atomic mass is 16.5. The topological polar surface area (TPSA) is 79.4 Å². The summed E-state index contributed by atoms with van der Waals surface area (Å²) in [6.45, 7) is 7.65. The summed E-state index contributed by atoms with van der Waals surface area (Å²) in [7, 11) is 3.02. The number of rotatable bonds is 7. The lowest BCUT2D eigenvalue weighted by Crippen LogP contribution is -2.24. The van der Waals surface area contributed by atoms with Gasteiger partial charge >= 0.3 is 5.97 Å². The average molecular weight is 283 g/mol. The number of carbonyl (C=O) groups excluding carboxylic acids is 1. The Balaban J connectivity index is 3.05. The molecule has 0 aromatic carbocycles. The van der Waals surface area contributed by atoms with E-state index in [-0.39, 0.29) is 11.1 Å². The van der Waals surface area contributed by atoms with Crippen LogP contribution in [0.4, 0.5) is 5.82 Å². The minimum absolute atomic E-state index is 0.00212. The van der Waals surface area contributed by atoms with Gasteiger partial charge in [0, 0.05) is 26.7 Å². The molecular formula is C14H25N3O3. The Bertz CT molecular complexity index is 466. The first-order valence-electron chi connectivity index (χ1n) is 6.78. The van der Waals surface area contributed by atoms with Gasteiger partial charge in [0.1, 0.15) is 11.6 Å². The van der Waals surface area contributed by atoms with E-state index in [2.05, 4.69) is 18.8 Å². The first kappa shape index (κ1) is 16.5. The van der Waals surface area contributed by atoms with Crippen LogP contribution in [0.3, 0.4) is 0 Å². The van der Waals surface area contributed by atoms with E-state index in [1.807, 2.05) is 11.5 Å². The monoisotopic (exact) mass is 283 g/mol. The van der Waals surface area contributed by atoms with Gasteiger partial charge in [-0.25, -0.2) is 9.78 Å². The molecule has 0 radical (unpaired) electrons. The molecule has 1 aromatic heterocycles. The number of ether oxygens (including phenoxy) is 2. The van der Waals surface area contributed by atoms with E-state index >= 15 is 0 Å². The van der Waals surface area contributed by atoms with Crippen molar-refractivity contribution in [1.29, 1.82) is 0 Å². The predicted molar refractivity (Wildman–Crippen MR) is 77.6 cm³/mol. The van der Waals surface area contributed by atoms with Gasteiger partial charge in [0.15, 0.2) is 5.69 Å². The van der Waals surface area contributed by atoms with Gasteiger partial charge in [-0.15, -0.1) is 0 Å². The number of aryl methyl sites for hydroxylation is 1. The van der Waals surface area contributed by atoms with Crippen LogP contribution in [0, 0.1) is 5.41 Å². The molecule has 1 heterocycles. The lowest BCUT2D eigenvalue weighted by Gasteiger charge is -2.26. The summed E-state index contributed by atoms with van der Waals surface area (Å²) in [4.78, 5) is 16.0. The second-order valence-corrected chi connectivity index (χ2v) is 5.60. The molecule has 0 amide bonds. The van der Waals surface area contributed by atoms with Crippen LogP contribution in [0.25, 0.3) is 0 Å². The minimum atomic E-state index is -0.495. The lowest BCUT2D eigenvalue weighted by atomic mass is 9.89. The van der Waals surface area contributed by atoms with Gasteiger partial charge in [0.05, 0.1) is 7.11 Å². The van der Waals surface area contributed by atoms with Crippen molar-refractivity contribution >= 4 is 11.8 Å². The molecule has 1 aromatic rings. The van der Waals surface area contributed by atoms with Crippen LogP contribution in [0.1, 0.15) is 43.5 Å². The second kappa shape index (κ2) is 6.74. The van der Waals surface area contributed by atoms with Gasteiger partial charge in [-0.1, -0.05) is 20.8 Å². The van der Waals surface area contributed by atoms with Crippen molar-refractivity contribution in [3.63, 3.8) is 0 Å². The summed E-state index contributed by atoms with van der Waals surface area (Å²) < 4.78 is 11.7. The maximum absolute atomic E-state index is 11.7. The number of hydrogen-bond acceptors (Lipinski definition) is 5. The molecule has 0 aliphatic rings. The molecule has 20 heavy (non-hydrogen) atoms. The van der Waals surface area contributed by atoms with Crippen LogP contribution in [0.5, 0.6) is 0 Å². The molecule has 0 aliphatic heterocycles. The fourth-order valence-electron chi connectivity index (χ4n) is 2.09. The Morgan fingerprint density at radius 2 is 2.05 bits per heavy atom. The van der Waals surface area contributed by atoms with Crippen LogP contribution in [-0.2, 0) is 22.4 Å². The van der Waals surface area contributed by atoms with E-state index in [1.54, 1.807) is 7.11 Å². The van der Waals surface area contributed by atoms with Crippen LogP contribution in [0.2, 0.25) is 0 Å². The summed E-state index contributed by atoms with van der Waals surface area (Å²) in [5.74, 6) is 0.679. The summed E-state index contributed by atoms with van der Waals surface area (Å²) in [6, 6.07) is 0. The molecule has 0 unspecified atom stereocenters. The largest absolute Gasteiger partial charge is 0.464 e. The van der Waals surface area contributed by atoms with Crippen LogP contribution >= 0.6 is 0 Å². The molecule has 0 saturated heterocycles. The first-order valence-corrected chi connectivity index (χ1v) is 6.78. The van der Waals surface area contributed by atoms with Crippen molar-refractivity contribution in [3.8, 4) is 0 Å². The average Bonchev–Trinajstić information content (AvgIpc) is 2.72. The quantitative estimate of drug-likeness (QED) is 0.773. The molecule has 6 nitrogen and oxygen atoms in total. The van der Waals surface area contributed by atoms with E-state index in [0.29, 0.717) is 25.4 Å². The van der Waals surface area contributed by atoms with Crippen molar-refractivity contribution in [1.82, 2.24) is 9.55 Å². The van der Waals surface area contributed by atoms with E-state index < -0.39 is 5.97 Å². The van der Waals surface area contributed by atoms with Crippen LogP contribution in [-0.4, -0.2) is 36.3 Å². The van der Waals surface area contributed by atoms with Gasteiger partial charge in [0.25, 0.3) is 0 Å². The van der Waals surface area contributed by atoms with Gasteiger partial charge < -0.3 is 19.8 Å². The van der Waals surface area contributed by atoms with Crippen molar-refractivity contribution in [3.05, 3.63) is 11.5 Å². The molecule has 0 aliphatic carbocycles. The van der Waals surface area contributed by atoms with Crippen molar-refractivity contribution < 1.29 is 14.3 Å². The smallest absolute Gasteiger partial charge is 0.360 e. The number of imidazole rings is 1. The van der Waals surface area contributed by atoms with Crippen molar-refractivity contribution in [2.75, 3.05) is 26.6 Å².